The number of hydrazone groups is 1. The van der Waals surface area contributed by atoms with Gasteiger partial charge in [-0.3, -0.25) is 4.79 Å². The average molecular weight is 335 g/mol. The molecule has 22 heavy (non-hydrogen) atoms. The third-order valence-corrected chi connectivity index (χ3v) is 4.02. The normalized spacial score (nSPS) is 20.4. The summed E-state index contributed by atoms with van der Waals surface area (Å²) >= 11 is 11.7. The molecular formula is C16H12Cl2N2O2. The first kappa shape index (κ1) is 15.0. The maximum absolute atomic E-state index is 12.6. The molecule has 0 spiro atoms. The van der Waals surface area contributed by atoms with Crippen molar-refractivity contribution in [1.29, 1.82) is 0 Å². The van der Waals surface area contributed by atoms with Crippen LogP contribution in [0.3, 0.4) is 0 Å². The lowest BCUT2D eigenvalue weighted by molar-refractivity contribution is -0.0764. The predicted octanol–water partition coefficient (Wildman–Crippen LogP) is 3.67. The van der Waals surface area contributed by atoms with E-state index in [1.165, 1.54) is 6.21 Å². The highest BCUT2D eigenvalue weighted by Gasteiger charge is 2.42. The summed E-state index contributed by atoms with van der Waals surface area (Å²) in [5, 5.41) is 17.1. The number of carbonyl (C=O) groups is 1. The molecule has 0 fully saturated rings. The van der Waals surface area contributed by atoms with E-state index in [0.717, 1.165) is 5.01 Å². The van der Waals surface area contributed by atoms with E-state index in [4.69, 9.17) is 23.2 Å². The van der Waals surface area contributed by atoms with Gasteiger partial charge in [-0.1, -0.05) is 35.3 Å². The smallest absolute Gasteiger partial charge is 0.276 e. The summed E-state index contributed by atoms with van der Waals surface area (Å²) in [6, 6.07) is 13.1. The van der Waals surface area contributed by atoms with Crippen molar-refractivity contribution in [2.24, 2.45) is 5.10 Å². The van der Waals surface area contributed by atoms with Crippen LogP contribution >= 0.6 is 23.2 Å². The molecule has 1 aliphatic heterocycles. The minimum Gasteiger partial charge on any atom is -0.365 e. The van der Waals surface area contributed by atoms with E-state index >= 15 is 0 Å². The van der Waals surface area contributed by atoms with E-state index in [9.17, 15) is 9.90 Å². The van der Waals surface area contributed by atoms with Crippen molar-refractivity contribution in [1.82, 2.24) is 5.01 Å². The molecule has 0 aromatic heterocycles. The highest BCUT2D eigenvalue weighted by molar-refractivity contribution is 6.30. The number of nitrogens with zero attached hydrogens (tertiary/aromatic N) is 2. The van der Waals surface area contributed by atoms with Crippen LogP contribution in [-0.2, 0) is 5.72 Å². The van der Waals surface area contributed by atoms with Crippen molar-refractivity contribution in [2.75, 3.05) is 0 Å². The Labute approximate surface area is 137 Å². The quantitative estimate of drug-likeness (QED) is 0.910. The molecule has 1 aliphatic rings. The topological polar surface area (TPSA) is 52.9 Å². The molecule has 0 radical (unpaired) electrons. The zero-order valence-electron chi connectivity index (χ0n) is 11.4. The molecule has 1 heterocycles. The molecule has 1 atom stereocenters. The van der Waals surface area contributed by atoms with E-state index < -0.39 is 11.6 Å². The minimum atomic E-state index is -1.51. The molecular weight excluding hydrogens is 323 g/mol. The van der Waals surface area contributed by atoms with Gasteiger partial charge in [0.25, 0.3) is 5.91 Å². The Bertz CT molecular complexity index is 729. The third-order valence-electron chi connectivity index (χ3n) is 3.51. The Kier molecular flexibility index (Phi) is 3.91. The van der Waals surface area contributed by atoms with Crippen LogP contribution in [0.25, 0.3) is 0 Å². The molecule has 0 saturated carbocycles. The Morgan fingerprint density at radius 2 is 1.59 bits per heavy atom. The van der Waals surface area contributed by atoms with E-state index in [1.807, 2.05) is 0 Å². The summed E-state index contributed by atoms with van der Waals surface area (Å²) in [4.78, 5) is 12.6. The molecule has 112 valence electrons. The van der Waals surface area contributed by atoms with E-state index in [2.05, 4.69) is 5.10 Å². The Balaban J connectivity index is 1.95. The molecule has 4 nitrogen and oxygen atoms in total. The number of rotatable bonds is 2. The highest BCUT2D eigenvalue weighted by atomic mass is 35.5. The van der Waals surface area contributed by atoms with Crippen molar-refractivity contribution < 1.29 is 9.90 Å². The molecule has 6 heteroatoms. The number of benzene rings is 2. The average Bonchev–Trinajstić information content (AvgIpc) is 2.91. The second-order valence-electron chi connectivity index (χ2n) is 4.95. The lowest BCUT2D eigenvalue weighted by Crippen LogP contribution is -2.43. The number of halogens is 2. The van der Waals surface area contributed by atoms with Crippen molar-refractivity contribution >= 4 is 35.3 Å². The molecule has 1 N–H and O–H groups in total. The maximum atomic E-state index is 12.6. The van der Waals surface area contributed by atoms with Gasteiger partial charge in [0.15, 0.2) is 5.72 Å². The van der Waals surface area contributed by atoms with Gasteiger partial charge >= 0.3 is 0 Å². The Hall–Kier alpha value is -1.88. The van der Waals surface area contributed by atoms with Gasteiger partial charge in [-0.15, -0.1) is 0 Å². The first-order valence-electron chi connectivity index (χ1n) is 6.62. The van der Waals surface area contributed by atoms with Crippen LogP contribution in [0.4, 0.5) is 0 Å². The summed E-state index contributed by atoms with van der Waals surface area (Å²) in [6.45, 7) is 0. The first-order chi connectivity index (χ1) is 10.5. The summed E-state index contributed by atoms with van der Waals surface area (Å²) in [7, 11) is 0. The lowest BCUT2D eigenvalue weighted by atomic mass is 9.99. The SMILES string of the molecule is O=C(c1ccc(Cl)cc1)N1N=CC[C@]1(O)c1ccc(Cl)cc1. The van der Waals surface area contributed by atoms with Gasteiger partial charge in [0.05, 0.1) is 0 Å². The predicted molar refractivity (Wildman–Crippen MR) is 86.1 cm³/mol. The van der Waals surface area contributed by atoms with Crippen molar-refractivity contribution in [3.05, 3.63) is 69.7 Å². The largest absolute Gasteiger partial charge is 0.365 e. The van der Waals surface area contributed by atoms with Crippen LogP contribution in [0, 0.1) is 0 Å². The molecule has 0 unspecified atom stereocenters. The number of hydrogen-bond donors (Lipinski definition) is 1. The lowest BCUT2D eigenvalue weighted by Gasteiger charge is -2.31. The van der Waals surface area contributed by atoms with Gasteiger partial charge in [-0.05, 0) is 36.4 Å². The van der Waals surface area contributed by atoms with Gasteiger partial charge < -0.3 is 5.11 Å². The molecule has 1 amide bonds. The van der Waals surface area contributed by atoms with Gasteiger partial charge in [-0.2, -0.15) is 10.1 Å². The molecule has 0 aliphatic carbocycles. The van der Waals surface area contributed by atoms with E-state index in [1.54, 1.807) is 48.5 Å². The molecule has 2 aromatic rings. The van der Waals surface area contributed by atoms with Crippen LogP contribution in [-0.4, -0.2) is 22.2 Å². The summed E-state index contributed by atoms with van der Waals surface area (Å²) in [6.07, 6.45) is 1.73. The fourth-order valence-corrected chi connectivity index (χ4v) is 2.58. The fraction of sp³-hybridized carbons (Fsp3) is 0.125. The second kappa shape index (κ2) is 5.72. The van der Waals surface area contributed by atoms with Crippen LogP contribution in [0.5, 0.6) is 0 Å². The number of hydrogen-bond acceptors (Lipinski definition) is 3. The van der Waals surface area contributed by atoms with E-state index in [-0.39, 0.29) is 6.42 Å². The van der Waals surface area contributed by atoms with Crippen LogP contribution in [0.15, 0.2) is 53.6 Å². The summed E-state index contributed by atoms with van der Waals surface area (Å²) < 4.78 is 0. The third kappa shape index (κ3) is 2.61. The van der Waals surface area contributed by atoms with E-state index in [0.29, 0.717) is 21.2 Å². The molecule has 3 rings (SSSR count). The monoisotopic (exact) mass is 334 g/mol. The second-order valence-corrected chi connectivity index (χ2v) is 5.82. The Morgan fingerprint density at radius 3 is 2.18 bits per heavy atom. The molecule has 0 bridgehead atoms. The van der Waals surface area contributed by atoms with Crippen molar-refractivity contribution in [3.63, 3.8) is 0 Å². The van der Waals surface area contributed by atoms with Crippen LogP contribution in [0.2, 0.25) is 10.0 Å². The Morgan fingerprint density at radius 1 is 1.05 bits per heavy atom. The summed E-state index contributed by atoms with van der Waals surface area (Å²) in [5.74, 6) is -0.400. The van der Waals surface area contributed by atoms with Gasteiger partial charge in [0, 0.05) is 33.8 Å². The molecule has 2 aromatic carbocycles. The van der Waals surface area contributed by atoms with Gasteiger partial charge in [0.1, 0.15) is 0 Å². The van der Waals surface area contributed by atoms with Crippen LogP contribution < -0.4 is 0 Å². The number of amides is 1. The summed E-state index contributed by atoms with van der Waals surface area (Å²) in [5.41, 5.74) is -0.561. The number of carbonyl (C=O) groups excluding carboxylic acids is 1. The minimum absolute atomic E-state index is 0.216. The first-order valence-corrected chi connectivity index (χ1v) is 7.37. The van der Waals surface area contributed by atoms with Gasteiger partial charge in [0.2, 0.25) is 0 Å². The zero-order chi connectivity index (χ0) is 15.7. The van der Waals surface area contributed by atoms with Crippen molar-refractivity contribution in [3.8, 4) is 0 Å². The molecule has 0 saturated heterocycles. The van der Waals surface area contributed by atoms with Crippen LogP contribution in [0.1, 0.15) is 22.3 Å². The number of aliphatic hydroxyl groups is 1. The maximum Gasteiger partial charge on any atom is 0.276 e. The standard InChI is InChI=1S/C16H12Cl2N2O2/c17-13-5-1-11(2-6-13)15(21)20-16(22,9-10-19-20)12-3-7-14(18)8-4-12/h1-8,10,22H,9H2/t16-/m0/s1. The zero-order valence-corrected chi connectivity index (χ0v) is 12.9. The van der Waals surface area contributed by atoms with Crippen molar-refractivity contribution in [2.45, 2.75) is 12.1 Å². The van der Waals surface area contributed by atoms with Gasteiger partial charge in [-0.25, -0.2) is 0 Å². The fourth-order valence-electron chi connectivity index (χ4n) is 2.32. The highest BCUT2D eigenvalue weighted by Crippen LogP contribution is 2.34.